The van der Waals surface area contributed by atoms with Crippen LogP contribution in [0, 0.1) is 23.7 Å². The molecule has 114 valence electrons. The van der Waals surface area contributed by atoms with Crippen molar-refractivity contribution in [2.45, 2.75) is 52.9 Å². The molecule has 3 nitrogen and oxygen atoms in total. The third-order valence-electron chi connectivity index (χ3n) is 5.29. The summed E-state index contributed by atoms with van der Waals surface area (Å²) in [5.41, 5.74) is 8.61. The number of nitrogens with zero attached hydrogens (tertiary/aromatic N) is 2. The zero-order valence-corrected chi connectivity index (χ0v) is 13.6. The standard InChI is InChI=1S/C17H31N3/c1-5-16-10-17(20(4)19-16)9-15-8-13(12(2)3)6-7-14(15)11-18/h10,12-15H,5-9,11,18H2,1-4H3. The molecule has 3 heteroatoms. The Kier molecular flexibility index (Phi) is 5.25. The molecule has 0 aromatic carbocycles. The van der Waals surface area contributed by atoms with Gasteiger partial charge in [-0.3, -0.25) is 4.68 Å². The Labute approximate surface area is 123 Å². The van der Waals surface area contributed by atoms with Gasteiger partial charge in [0.05, 0.1) is 5.69 Å². The zero-order valence-electron chi connectivity index (χ0n) is 13.6. The second-order valence-corrected chi connectivity index (χ2v) is 6.88. The molecule has 3 atom stereocenters. The van der Waals surface area contributed by atoms with Gasteiger partial charge in [-0.1, -0.05) is 20.8 Å². The van der Waals surface area contributed by atoms with Crippen LogP contribution in [0.2, 0.25) is 0 Å². The van der Waals surface area contributed by atoms with Gasteiger partial charge in [-0.05, 0) is 68.4 Å². The largest absolute Gasteiger partial charge is 0.330 e. The molecule has 0 saturated heterocycles. The predicted octanol–water partition coefficient (Wildman–Crippen LogP) is 3.17. The quantitative estimate of drug-likeness (QED) is 0.898. The third-order valence-corrected chi connectivity index (χ3v) is 5.29. The first kappa shape index (κ1) is 15.6. The van der Waals surface area contributed by atoms with E-state index in [1.54, 1.807) is 0 Å². The van der Waals surface area contributed by atoms with E-state index in [1.807, 2.05) is 0 Å². The Morgan fingerprint density at radius 2 is 2.10 bits per heavy atom. The highest BCUT2D eigenvalue weighted by Crippen LogP contribution is 2.38. The van der Waals surface area contributed by atoms with Gasteiger partial charge in [0.15, 0.2) is 0 Å². The summed E-state index contributed by atoms with van der Waals surface area (Å²) in [6.07, 6.45) is 6.18. The minimum atomic E-state index is 0.699. The summed E-state index contributed by atoms with van der Waals surface area (Å²) in [7, 11) is 2.08. The molecular formula is C17H31N3. The molecule has 3 unspecified atom stereocenters. The Morgan fingerprint density at radius 3 is 2.65 bits per heavy atom. The average molecular weight is 277 g/mol. The lowest BCUT2D eigenvalue weighted by molar-refractivity contribution is 0.149. The molecule has 1 aliphatic rings. The van der Waals surface area contributed by atoms with Gasteiger partial charge in [-0.15, -0.1) is 0 Å². The van der Waals surface area contributed by atoms with Crippen LogP contribution < -0.4 is 5.73 Å². The van der Waals surface area contributed by atoms with Gasteiger partial charge in [-0.25, -0.2) is 0 Å². The van der Waals surface area contributed by atoms with E-state index in [2.05, 4.69) is 43.7 Å². The van der Waals surface area contributed by atoms with Crippen molar-refractivity contribution in [3.8, 4) is 0 Å². The zero-order chi connectivity index (χ0) is 14.7. The first-order chi connectivity index (χ1) is 9.55. The maximum absolute atomic E-state index is 6.02. The molecule has 1 aromatic heterocycles. The SMILES string of the molecule is CCc1cc(CC2CC(C(C)C)CCC2CN)n(C)n1. The van der Waals surface area contributed by atoms with Crippen LogP contribution in [-0.4, -0.2) is 16.3 Å². The molecule has 1 aromatic rings. The van der Waals surface area contributed by atoms with Crippen molar-refractivity contribution in [1.82, 2.24) is 9.78 Å². The van der Waals surface area contributed by atoms with Gasteiger partial charge in [0.25, 0.3) is 0 Å². The molecule has 0 spiro atoms. The van der Waals surface area contributed by atoms with Crippen molar-refractivity contribution in [1.29, 1.82) is 0 Å². The molecule has 1 aliphatic carbocycles. The Morgan fingerprint density at radius 1 is 1.35 bits per heavy atom. The lowest BCUT2D eigenvalue weighted by Crippen LogP contribution is -2.33. The summed E-state index contributed by atoms with van der Waals surface area (Å²) >= 11 is 0. The number of nitrogens with two attached hydrogens (primary N) is 1. The minimum Gasteiger partial charge on any atom is -0.330 e. The fraction of sp³-hybridized carbons (Fsp3) is 0.824. The fourth-order valence-electron chi connectivity index (χ4n) is 3.73. The van der Waals surface area contributed by atoms with E-state index in [1.165, 1.54) is 30.7 Å². The molecule has 1 heterocycles. The molecule has 2 N–H and O–H groups in total. The van der Waals surface area contributed by atoms with E-state index in [0.29, 0.717) is 5.92 Å². The highest BCUT2D eigenvalue weighted by Gasteiger charge is 2.31. The van der Waals surface area contributed by atoms with Crippen LogP contribution in [-0.2, 0) is 19.9 Å². The highest BCUT2D eigenvalue weighted by molar-refractivity contribution is 5.11. The average Bonchev–Trinajstić information content (AvgIpc) is 2.79. The third kappa shape index (κ3) is 3.43. The maximum Gasteiger partial charge on any atom is 0.0624 e. The second kappa shape index (κ2) is 6.75. The van der Waals surface area contributed by atoms with Crippen LogP contribution in [0.1, 0.15) is 51.4 Å². The molecule has 20 heavy (non-hydrogen) atoms. The number of hydrogen-bond donors (Lipinski definition) is 1. The van der Waals surface area contributed by atoms with Crippen molar-refractivity contribution < 1.29 is 0 Å². The summed E-state index contributed by atoms with van der Waals surface area (Å²) in [6.45, 7) is 7.74. The van der Waals surface area contributed by atoms with Crippen molar-refractivity contribution in [2.24, 2.45) is 36.5 Å². The van der Waals surface area contributed by atoms with Gasteiger partial charge in [-0.2, -0.15) is 5.10 Å². The van der Waals surface area contributed by atoms with Gasteiger partial charge in [0, 0.05) is 12.7 Å². The van der Waals surface area contributed by atoms with E-state index < -0.39 is 0 Å². The maximum atomic E-state index is 6.02. The summed E-state index contributed by atoms with van der Waals surface area (Å²) < 4.78 is 2.07. The first-order valence-electron chi connectivity index (χ1n) is 8.27. The van der Waals surface area contributed by atoms with Crippen LogP contribution in [0.25, 0.3) is 0 Å². The molecule has 2 rings (SSSR count). The first-order valence-corrected chi connectivity index (χ1v) is 8.27. The van der Waals surface area contributed by atoms with Crippen molar-refractivity contribution in [3.63, 3.8) is 0 Å². The van der Waals surface area contributed by atoms with E-state index in [4.69, 9.17) is 5.73 Å². The summed E-state index contributed by atoms with van der Waals surface area (Å²) in [5.74, 6) is 3.11. The van der Waals surface area contributed by atoms with Crippen LogP contribution in [0.5, 0.6) is 0 Å². The second-order valence-electron chi connectivity index (χ2n) is 6.88. The van der Waals surface area contributed by atoms with Gasteiger partial charge >= 0.3 is 0 Å². The van der Waals surface area contributed by atoms with E-state index in [9.17, 15) is 0 Å². The van der Waals surface area contributed by atoms with Crippen LogP contribution in [0.4, 0.5) is 0 Å². The minimum absolute atomic E-state index is 0.699. The number of rotatable bonds is 5. The molecule has 0 amide bonds. The smallest absolute Gasteiger partial charge is 0.0624 e. The highest BCUT2D eigenvalue weighted by atomic mass is 15.3. The number of aryl methyl sites for hydroxylation is 2. The van der Waals surface area contributed by atoms with Crippen LogP contribution >= 0.6 is 0 Å². The fourth-order valence-corrected chi connectivity index (χ4v) is 3.73. The Balaban J connectivity index is 2.08. The molecular weight excluding hydrogens is 246 g/mol. The van der Waals surface area contributed by atoms with Gasteiger partial charge in [0.2, 0.25) is 0 Å². The van der Waals surface area contributed by atoms with Crippen molar-refractivity contribution in [2.75, 3.05) is 6.54 Å². The van der Waals surface area contributed by atoms with Gasteiger partial charge in [0.1, 0.15) is 0 Å². The van der Waals surface area contributed by atoms with Crippen molar-refractivity contribution >= 4 is 0 Å². The summed E-state index contributed by atoms with van der Waals surface area (Å²) in [4.78, 5) is 0. The topological polar surface area (TPSA) is 43.8 Å². The molecule has 0 radical (unpaired) electrons. The van der Waals surface area contributed by atoms with E-state index in [-0.39, 0.29) is 0 Å². The normalized spacial score (nSPS) is 27.2. The van der Waals surface area contributed by atoms with E-state index in [0.717, 1.165) is 37.1 Å². The van der Waals surface area contributed by atoms with E-state index >= 15 is 0 Å². The molecule has 1 fully saturated rings. The van der Waals surface area contributed by atoms with Crippen LogP contribution in [0.15, 0.2) is 6.07 Å². The van der Waals surface area contributed by atoms with Crippen LogP contribution in [0.3, 0.4) is 0 Å². The Hall–Kier alpha value is -0.830. The summed E-state index contributed by atoms with van der Waals surface area (Å²) in [6, 6.07) is 2.28. The number of aromatic nitrogens is 2. The van der Waals surface area contributed by atoms with Crippen molar-refractivity contribution in [3.05, 3.63) is 17.5 Å². The van der Waals surface area contributed by atoms with Gasteiger partial charge < -0.3 is 5.73 Å². The Bertz CT molecular complexity index is 422. The lowest BCUT2D eigenvalue weighted by atomic mass is 9.69. The predicted molar refractivity (Wildman–Crippen MR) is 84.5 cm³/mol. The molecule has 1 saturated carbocycles. The molecule has 0 bridgehead atoms. The summed E-state index contributed by atoms with van der Waals surface area (Å²) in [5, 5.41) is 4.59. The number of hydrogen-bond acceptors (Lipinski definition) is 2. The molecule has 0 aliphatic heterocycles. The monoisotopic (exact) mass is 277 g/mol. The lowest BCUT2D eigenvalue weighted by Gasteiger charge is -2.37.